The third-order valence-corrected chi connectivity index (χ3v) is 3.53. The number of aromatic nitrogens is 2. The maximum absolute atomic E-state index is 12.1. The molecule has 0 bridgehead atoms. The molecule has 0 aliphatic rings. The zero-order valence-corrected chi connectivity index (χ0v) is 12.9. The van der Waals surface area contributed by atoms with Crippen LogP contribution in [0.2, 0.25) is 0 Å². The van der Waals surface area contributed by atoms with Crippen molar-refractivity contribution in [2.45, 2.75) is 6.54 Å². The number of hydrogen-bond donors (Lipinski definition) is 1. The van der Waals surface area contributed by atoms with E-state index in [1.807, 2.05) is 36.2 Å². The van der Waals surface area contributed by atoms with Crippen molar-refractivity contribution in [1.82, 2.24) is 9.78 Å². The van der Waals surface area contributed by atoms with Crippen LogP contribution in [0.25, 0.3) is 0 Å². The highest BCUT2D eigenvalue weighted by molar-refractivity contribution is 9.10. The number of hydrogen-bond acceptors (Lipinski definition) is 4. The van der Waals surface area contributed by atoms with Crippen LogP contribution in [0.3, 0.4) is 0 Å². The van der Waals surface area contributed by atoms with Gasteiger partial charge in [-0.05, 0) is 17.7 Å². The van der Waals surface area contributed by atoms with Crippen molar-refractivity contribution in [3.05, 3.63) is 56.9 Å². The molecule has 0 atom stereocenters. The zero-order valence-electron chi connectivity index (χ0n) is 11.3. The largest absolute Gasteiger partial charge is 0.372 e. The van der Waals surface area contributed by atoms with Crippen molar-refractivity contribution in [3.63, 3.8) is 0 Å². The smallest absolute Gasteiger partial charge is 0.269 e. The van der Waals surface area contributed by atoms with Crippen LogP contribution in [0.4, 0.5) is 5.69 Å². The van der Waals surface area contributed by atoms with Crippen LogP contribution in [0, 0.1) is 0 Å². The molecule has 1 heterocycles. The number of nitrogens with zero attached hydrogens (tertiary/aromatic N) is 3. The molecule has 0 radical (unpaired) electrons. The highest BCUT2D eigenvalue weighted by Crippen LogP contribution is 2.11. The molecule has 5 nitrogen and oxygen atoms in total. The molecule has 0 aliphatic carbocycles. The Morgan fingerprint density at radius 1 is 1.35 bits per heavy atom. The van der Waals surface area contributed by atoms with Gasteiger partial charge in [-0.15, -0.1) is 0 Å². The van der Waals surface area contributed by atoms with Crippen LogP contribution < -0.4 is 16.2 Å². The van der Waals surface area contributed by atoms with Crippen molar-refractivity contribution in [2.24, 2.45) is 5.73 Å². The lowest BCUT2D eigenvalue weighted by Crippen LogP contribution is -2.29. The van der Waals surface area contributed by atoms with Gasteiger partial charge < -0.3 is 10.6 Å². The van der Waals surface area contributed by atoms with Gasteiger partial charge in [-0.1, -0.05) is 28.1 Å². The molecule has 1 aromatic carbocycles. The molecule has 2 rings (SSSR count). The van der Waals surface area contributed by atoms with Crippen molar-refractivity contribution >= 4 is 21.6 Å². The normalized spacial score (nSPS) is 10.6. The van der Waals surface area contributed by atoms with Crippen LogP contribution in [-0.2, 0) is 6.54 Å². The minimum atomic E-state index is -0.116. The SMILES string of the molecule is CN(CCN)c1cnn(Cc2ccc(Br)cc2)c(=O)c1. The highest BCUT2D eigenvalue weighted by Gasteiger charge is 2.05. The Kier molecular flexibility index (Phi) is 4.92. The van der Waals surface area contributed by atoms with Crippen LogP contribution in [0.5, 0.6) is 0 Å². The quantitative estimate of drug-likeness (QED) is 0.897. The lowest BCUT2D eigenvalue weighted by molar-refractivity contribution is 0.637. The van der Waals surface area contributed by atoms with Gasteiger partial charge in [-0.3, -0.25) is 4.79 Å². The topological polar surface area (TPSA) is 64.2 Å². The summed E-state index contributed by atoms with van der Waals surface area (Å²) >= 11 is 3.39. The number of likely N-dealkylation sites (N-methyl/N-ethyl adjacent to an activating group) is 1. The maximum atomic E-state index is 12.1. The molecule has 0 fully saturated rings. The van der Waals surface area contributed by atoms with E-state index in [1.165, 1.54) is 4.68 Å². The number of rotatable bonds is 5. The van der Waals surface area contributed by atoms with E-state index in [1.54, 1.807) is 12.3 Å². The molecule has 6 heteroatoms. The Hall–Kier alpha value is -1.66. The molecular weight excluding hydrogens is 320 g/mol. The van der Waals surface area contributed by atoms with Gasteiger partial charge in [0.1, 0.15) is 0 Å². The Labute approximate surface area is 126 Å². The summed E-state index contributed by atoms with van der Waals surface area (Å²) in [7, 11) is 1.89. The van der Waals surface area contributed by atoms with Crippen molar-refractivity contribution in [1.29, 1.82) is 0 Å². The van der Waals surface area contributed by atoms with Gasteiger partial charge in [-0.2, -0.15) is 5.10 Å². The van der Waals surface area contributed by atoms with E-state index in [0.29, 0.717) is 19.6 Å². The summed E-state index contributed by atoms with van der Waals surface area (Å²) < 4.78 is 2.46. The van der Waals surface area contributed by atoms with E-state index in [0.717, 1.165) is 15.7 Å². The Bertz CT molecular complexity index is 624. The van der Waals surface area contributed by atoms with E-state index in [9.17, 15) is 4.79 Å². The molecule has 0 unspecified atom stereocenters. The number of halogens is 1. The van der Waals surface area contributed by atoms with Gasteiger partial charge in [0.05, 0.1) is 18.4 Å². The molecule has 0 saturated carbocycles. The van der Waals surface area contributed by atoms with Crippen LogP contribution in [0.1, 0.15) is 5.56 Å². The van der Waals surface area contributed by atoms with E-state index in [-0.39, 0.29) is 5.56 Å². The van der Waals surface area contributed by atoms with Gasteiger partial charge >= 0.3 is 0 Å². The molecule has 0 amide bonds. The molecule has 106 valence electrons. The van der Waals surface area contributed by atoms with Crippen LogP contribution in [-0.4, -0.2) is 29.9 Å². The molecule has 0 saturated heterocycles. The van der Waals surface area contributed by atoms with E-state index < -0.39 is 0 Å². The molecule has 0 aliphatic heterocycles. The van der Waals surface area contributed by atoms with Crippen LogP contribution >= 0.6 is 15.9 Å². The highest BCUT2D eigenvalue weighted by atomic mass is 79.9. The minimum Gasteiger partial charge on any atom is -0.372 e. The summed E-state index contributed by atoms with van der Waals surface area (Å²) in [5.41, 5.74) is 7.20. The Morgan fingerprint density at radius 3 is 2.65 bits per heavy atom. The zero-order chi connectivity index (χ0) is 14.5. The van der Waals surface area contributed by atoms with Crippen molar-refractivity contribution in [2.75, 3.05) is 25.0 Å². The summed E-state index contributed by atoms with van der Waals surface area (Å²) in [4.78, 5) is 14.0. The number of nitrogens with two attached hydrogens (primary N) is 1. The lowest BCUT2D eigenvalue weighted by atomic mass is 10.2. The standard InChI is InChI=1S/C14H17BrN4O/c1-18(7-6-16)13-8-14(20)19(17-9-13)10-11-2-4-12(15)5-3-11/h2-5,8-9H,6-7,10,16H2,1H3. The molecule has 2 N–H and O–H groups in total. The van der Waals surface area contributed by atoms with Crippen molar-refractivity contribution in [3.8, 4) is 0 Å². The average molecular weight is 337 g/mol. The molecule has 1 aromatic heterocycles. The second kappa shape index (κ2) is 6.67. The maximum Gasteiger partial charge on any atom is 0.269 e. The summed E-state index contributed by atoms with van der Waals surface area (Å²) in [6.45, 7) is 1.70. The molecule has 2 aromatic rings. The van der Waals surface area contributed by atoms with E-state index in [4.69, 9.17) is 5.73 Å². The van der Waals surface area contributed by atoms with Gasteiger partial charge in [0, 0.05) is 30.7 Å². The first-order chi connectivity index (χ1) is 9.60. The second-order valence-corrected chi connectivity index (χ2v) is 5.46. The van der Waals surface area contributed by atoms with Crippen LogP contribution in [0.15, 0.2) is 45.8 Å². The summed E-state index contributed by atoms with van der Waals surface area (Å²) in [5.74, 6) is 0. The summed E-state index contributed by atoms with van der Waals surface area (Å²) in [6, 6.07) is 9.41. The molecule has 0 spiro atoms. The Balaban J connectivity index is 2.17. The second-order valence-electron chi connectivity index (χ2n) is 4.55. The van der Waals surface area contributed by atoms with Gasteiger partial charge in [0.25, 0.3) is 5.56 Å². The fourth-order valence-electron chi connectivity index (χ4n) is 1.84. The lowest BCUT2D eigenvalue weighted by Gasteiger charge is -2.17. The average Bonchev–Trinajstić information content (AvgIpc) is 2.43. The Morgan fingerprint density at radius 2 is 2.05 bits per heavy atom. The van der Waals surface area contributed by atoms with Gasteiger partial charge in [0.15, 0.2) is 0 Å². The molecular formula is C14H17BrN4O. The van der Waals surface area contributed by atoms with E-state index >= 15 is 0 Å². The third-order valence-electron chi connectivity index (χ3n) is 3.01. The first-order valence-corrected chi connectivity index (χ1v) is 7.12. The number of benzene rings is 1. The first-order valence-electron chi connectivity index (χ1n) is 6.33. The molecule has 20 heavy (non-hydrogen) atoms. The van der Waals surface area contributed by atoms with Gasteiger partial charge in [0.2, 0.25) is 0 Å². The first kappa shape index (κ1) is 14.7. The minimum absolute atomic E-state index is 0.116. The summed E-state index contributed by atoms with van der Waals surface area (Å²) in [5, 5.41) is 4.21. The number of anilines is 1. The predicted molar refractivity (Wildman–Crippen MR) is 84.1 cm³/mol. The van der Waals surface area contributed by atoms with Crippen molar-refractivity contribution < 1.29 is 0 Å². The monoisotopic (exact) mass is 336 g/mol. The predicted octanol–water partition coefficient (Wildman–Crippen LogP) is 1.45. The summed E-state index contributed by atoms with van der Waals surface area (Å²) in [6.07, 6.45) is 1.69. The fourth-order valence-corrected chi connectivity index (χ4v) is 2.10. The van der Waals surface area contributed by atoms with Gasteiger partial charge in [-0.25, -0.2) is 4.68 Å². The third kappa shape index (κ3) is 3.68. The van der Waals surface area contributed by atoms with E-state index in [2.05, 4.69) is 21.0 Å². The fraction of sp³-hybridized carbons (Fsp3) is 0.286.